The smallest absolute Gasteiger partial charge is 0.409 e. The molecule has 13 heteroatoms. The highest BCUT2D eigenvalue weighted by Crippen LogP contribution is 2.27. The maximum absolute atomic E-state index is 14.0. The summed E-state index contributed by atoms with van der Waals surface area (Å²) in [7, 11) is 0. The van der Waals surface area contributed by atoms with Crippen molar-refractivity contribution in [2.24, 2.45) is 0 Å². The van der Waals surface area contributed by atoms with E-state index in [-0.39, 0.29) is 56.4 Å². The third kappa shape index (κ3) is 8.29. The van der Waals surface area contributed by atoms with Gasteiger partial charge in [-0.1, -0.05) is 42.5 Å². The normalized spacial score (nSPS) is 15.6. The molecular weight excluding hydrogens is 594 g/mol. The van der Waals surface area contributed by atoms with Crippen molar-refractivity contribution in [1.82, 2.24) is 25.1 Å². The van der Waals surface area contributed by atoms with Gasteiger partial charge in [0.1, 0.15) is 23.6 Å². The lowest BCUT2D eigenvalue weighted by molar-refractivity contribution is -0.139. The van der Waals surface area contributed by atoms with Crippen LogP contribution >= 0.6 is 0 Å². The van der Waals surface area contributed by atoms with Crippen molar-refractivity contribution in [3.63, 3.8) is 0 Å². The van der Waals surface area contributed by atoms with Crippen LogP contribution in [-0.4, -0.2) is 94.2 Å². The van der Waals surface area contributed by atoms with Gasteiger partial charge in [-0.25, -0.2) is 14.6 Å². The van der Waals surface area contributed by atoms with Gasteiger partial charge in [-0.15, -0.1) is 0 Å². The SMILES string of the molecule is CCOC(=O)N1CCN(C(=O)C(NC(=O)c2cc(OC3CCCC3)nc(-c3ccccc3)n2)c2ccc(OCC(=O)O)cc2)CC1. The van der Waals surface area contributed by atoms with E-state index in [1.807, 2.05) is 30.3 Å². The summed E-state index contributed by atoms with van der Waals surface area (Å²) in [6.07, 6.45) is 3.49. The second kappa shape index (κ2) is 15.2. The van der Waals surface area contributed by atoms with Gasteiger partial charge in [0.2, 0.25) is 11.8 Å². The zero-order valence-electron chi connectivity index (χ0n) is 25.6. The van der Waals surface area contributed by atoms with E-state index in [0.717, 1.165) is 25.7 Å². The highest BCUT2D eigenvalue weighted by Gasteiger charge is 2.32. The lowest BCUT2D eigenvalue weighted by atomic mass is 10.0. The van der Waals surface area contributed by atoms with Crippen LogP contribution in [0.2, 0.25) is 0 Å². The van der Waals surface area contributed by atoms with Crippen LogP contribution < -0.4 is 14.8 Å². The van der Waals surface area contributed by atoms with E-state index in [1.54, 1.807) is 24.0 Å². The predicted molar refractivity (Wildman–Crippen MR) is 165 cm³/mol. The minimum absolute atomic E-state index is 0.00102. The molecular formula is C33H37N5O8. The maximum atomic E-state index is 14.0. The molecule has 0 radical (unpaired) electrons. The molecule has 1 aromatic heterocycles. The number of aromatic nitrogens is 2. The lowest BCUT2D eigenvalue weighted by Crippen LogP contribution is -2.53. The molecule has 0 bridgehead atoms. The topological polar surface area (TPSA) is 160 Å². The van der Waals surface area contributed by atoms with E-state index < -0.39 is 30.6 Å². The third-order valence-electron chi connectivity index (χ3n) is 7.77. The first-order chi connectivity index (χ1) is 22.3. The summed E-state index contributed by atoms with van der Waals surface area (Å²) < 4.78 is 16.5. The molecule has 1 atom stereocenters. The van der Waals surface area contributed by atoms with Gasteiger partial charge in [0.15, 0.2) is 12.4 Å². The summed E-state index contributed by atoms with van der Waals surface area (Å²) >= 11 is 0. The van der Waals surface area contributed by atoms with Crippen LogP contribution in [0.15, 0.2) is 60.7 Å². The first kappa shape index (κ1) is 32.2. The van der Waals surface area contributed by atoms with Crippen LogP contribution in [0.4, 0.5) is 4.79 Å². The van der Waals surface area contributed by atoms with Crippen molar-refractivity contribution in [3.05, 3.63) is 71.9 Å². The Bertz CT molecular complexity index is 1520. The van der Waals surface area contributed by atoms with Crippen molar-refractivity contribution >= 4 is 23.9 Å². The van der Waals surface area contributed by atoms with Gasteiger partial charge < -0.3 is 34.4 Å². The van der Waals surface area contributed by atoms with Gasteiger partial charge in [-0.2, -0.15) is 4.98 Å². The summed E-state index contributed by atoms with van der Waals surface area (Å²) in [5.74, 6) is -1.21. The number of nitrogens with zero attached hydrogens (tertiary/aromatic N) is 4. The molecule has 2 N–H and O–H groups in total. The Balaban J connectivity index is 1.41. The predicted octanol–water partition coefficient (Wildman–Crippen LogP) is 3.70. The van der Waals surface area contributed by atoms with Gasteiger partial charge >= 0.3 is 12.1 Å². The Kier molecular flexibility index (Phi) is 10.6. The van der Waals surface area contributed by atoms with Gasteiger partial charge in [0.25, 0.3) is 5.91 Å². The molecule has 1 saturated heterocycles. The number of hydrogen-bond acceptors (Lipinski definition) is 9. The number of rotatable bonds is 11. The molecule has 2 heterocycles. The third-order valence-corrected chi connectivity index (χ3v) is 7.77. The van der Waals surface area contributed by atoms with E-state index >= 15 is 0 Å². The molecule has 0 spiro atoms. The summed E-state index contributed by atoms with van der Waals surface area (Å²) in [6.45, 7) is 2.51. The van der Waals surface area contributed by atoms with Crippen LogP contribution in [0, 0.1) is 0 Å². The van der Waals surface area contributed by atoms with Crippen molar-refractivity contribution in [1.29, 1.82) is 0 Å². The summed E-state index contributed by atoms with van der Waals surface area (Å²) in [4.78, 5) is 63.2. The van der Waals surface area contributed by atoms with Crippen molar-refractivity contribution in [2.45, 2.75) is 44.8 Å². The van der Waals surface area contributed by atoms with Crippen LogP contribution in [0.5, 0.6) is 11.6 Å². The average Bonchev–Trinajstić information content (AvgIpc) is 3.59. The van der Waals surface area contributed by atoms with Crippen LogP contribution in [0.1, 0.15) is 54.7 Å². The van der Waals surface area contributed by atoms with Crippen molar-refractivity contribution < 1.29 is 38.5 Å². The fraction of sp³-hybridized carbons (Fsp3) is 0.394. The lowest BCUT2D eigenvalue weighted by Gasteiger charge is -2.36. The zero-order chi connectivity index (χ0) is 32.5. The quantitative estimate of drug-likeness (QED) is 0.319. The number of carboxylic acid groups (broad SMARTS) is 1. The molecule has 1 unspecified atom stereocenters. The summed E-state index contributed by atoms with van der Waals surface area (Å²) in [6, 6.07) is 15.9. The molecule has 1 aliphatic carbocycles. The first-order valence-corrected chi connectivity index (χ1v) is 15.4. The van der Waals surface area contributed by atoms with Crippen molar-refractivity contribution in [3.8, 4) is 23.0 Å². The highest BCUT2D eigenvalue weighted by molar-refractivity contribution is 5.97. The van der Waals surface area contributed by atoms with E-state index in [2.05, 4.69) is 15.3 Å². The number of amides is 3. The van der Waals surface area contributed by atoms with Crippen LogP contribution in [0.3, 0.4) is 0 Å². The Hall–Kier alpha value is -5.20. The summed E-state index contributed by atoms with van der Waals surface area (Å²) in [5, 5.41) is 11.8. The highest BCUT2D eigenvalue weighted by atomic mass is 16.6. The Morgan fingerprint density at radius 3 is 2.26 bits per heavy atom. The van der Waals surface area contributed by atoms with Crippen LogP contribution in [0.25, 0.3) is 11.4 Å². The molecule has 13 nitrogen and oxygen atoms in total. The Morgan fingerprint density at radius 2 is 1.61 bits per heavy atom. The summed E-state index contributed by atoms with van der Waals surface area (Å²) in [5.41, 5.74) is 1.19. The molecule has 2 aliphatic rings. The Labute approximate surface area is 266 Å². The van der Waals surface area contributed by atoms with Gasteiger partial charge in [-0.05, 0) is 50.3 Å². The standard InChI is InChI=1S/C33H37N5O8/c1-2-44-33(43)38-18-16-37(17-19-38)32(42)29(22-12-14-24(15-13-22)45-21-28(39)40)36-31(41)26-20-27(46-25-10-6-7-11-25)35-30(34-26)23-8-4-3-5-9-23/h3-5,8-9,12-15,20,25,29H,2,6-7,10-11,16-19,21H2,1H3,(H,36,41)(H,39,40). The molecule has 3 aromatic rings. The number of nitrogens with one attached hydrogen (secondary N) is 1. The molecule has 5 rings (SSSR count). The fourth-order valence-corrected chi connectivity index (χ4v) is 5.40. The molecule has 1 saturated carbocycles. The van der Waals surface area contributed by atoms with E-state index in [4.69, 9.17) is 19.3 Å². The van der Waals surface area contributed by atoms with Gasteiger partial charge in [0, 0.05) is 37.8 Å². The van der Waals surface area contributed by atoms with Crippen molar-refractivity contribution in [2.75, 3.05) is 39.4 Å². The molecule has 3 amide bonds. The van der Waals surface area contributed by atoms with Crippen LogP contribution in [-0.2, 0) is 14.3 Å². The zero-order valence-corrected chi connectivity index (χ0v) is 25.6. The number of carboxylic acids is 1. The molecule has 46 heavy (non-hydrogen) atoms. The van der Waals surface area contributed by atoms with Gasteiger partial charge in [0.05, 0.1) is 6.61 Å². The number of carbonyl (C=O) groups excluding carboxylic acids is 3. The number of benzene rings is 2. The largest absolute Gasteiger partial charge is 0.482 e. The first-order valence-electron chi connectivity index (χ1n) is 15.4. The maximum Gasteiger partial charge on any atom is 0.409 e. The number of ether oxygens (including phenoxy) is 3. The van der Waals surface area contributed by atoms with E-state index in [0.29, 0.717) is 22.7 Å². The second-order valence-corrected chi connectivity index (χ2v) is 11.0. The fourth-order valence-electron chi connectivity index (χ4n) is 5.40. The average molecular weight is 632 g/mol. The number of hydrogen-bond donors (Lipinski definition) is 2. The van der Waals surface area contributed by atoms with E-state index in [1.165, 1.54) is 23.1 Å². The number of carbonyl (C=O) groups is 4. The van der Waals surface area contributed by atoms with E-state index in [9.17, 15) is 19.2 Å². The minimum Gasteiger partial charge on any atom is -0.482 e. The number of aliphatic carboxylic acids is 1. The molecule has 1 aliphatic heterocycles. The second-order valence-electron chi connectivity index (χ2n) is 11.0. The molecule has 2 aromatic carbocycles. The number of piperazine rings is 1. The monoisotopic (exact) mass is 631 g/mol. The molecule has 2 fully saturated rings. The van der Waals surface area contributed by atoms with Gasteiger partial charge in [-0.3, -0.25) is 9.59 Å². The minimum atomic E-state index is -1.12. The molecule has 242 valence electrons. The Morgan fingerprint density at radius 1 is 0.935 bits per heavy atom.